The molecule has 0 aliphatic heterocycles. The minimum absolute atomic E-state index is 0.301. The molecule has 124 valence electrons. The van der Waals surface area contributed by atoms with Gasteiger partial charge in [-0.05, 0) is 72.5 Å². The first-order valence-electron chi connectivity index (χ1n) is 9.37. The molecule has 0 heterocycles. The van der Waals surface area contributed by atoms with Gasteiger partial charge in [-0.15, -0.1) is 0 Å². The summed E-state index contributed by atoms with van der Waals surface area (Å²) in [6.07, 6.45) is 11.1. The van der Waals surface area contributed by atoms with Gasteiger partial charge in [-0.2, -0.15) is 0 Å². The van der Waals surface area contributed by atoms with Crippen LogP contribution < -0.4 is 0 Å². The average Bonchev–Trinajstić information content (AvgIpc) is 2.41. The first kappa shape index (κ1) is 16.3. The van der Waals surface area contributed by atoms with Crippen molar-refractivity contribution in [3.8, 4) is 0 Å². The van der Waals surface area contributed by atoms with Crippen molar-refractivity contribution in [2.45, 2.75) is 79.1 Å². The molecule has 3 rings (SSSR count). The summed E-state index contributed by atoms with van der Waals surface area (Å²) in [5.74, 6) is 2.05. The molecule has 22 heavy (non-hydrogen) atoms. The van der Waals surface area contributed by atoms with Gasteiger partial charge in [-0.1, -0.05) is 46.3 Å². The topological polar surface area (TPSA) is 17.1 Å². The maximum absolute atomic E-state index is 11.3. The second kappa shape index (κ2) is 5.21. The fourth-order valence-electron chi connectivity index (χ4n) is 7.27. The second-order valence-electron chi connectivity index (χ2n) is 9.65. The minimum atomic E-state index is 0.301. The van der Waals surface area contributed by atoms with E-state index in [2.05, 4.69) is 34.3 Å². The maximum atomic E-state index is 11.3. The molecule has 0 unspecified atom stereocenters. The largest absolute Gasteiger partial charge is 0.303 e. The van der Waals surface area contributed by atoms with Gasteiger partial charge in [-0.25, -0.2) is 0 Å². The Bertz CT molecular complexity index is 476. The summed E-state index contributed by atoms with van der Waals surface area (Å²) in [5, 5.41) is 0. The van der Waals surface area contributed by atoms with Crippen LogP contribution in [0.25, 0.3) is 0 Å². The van der Waals surface area contributed by atoms with Crippen molar-refractivity contribution in [2.75, 3.05) is 0 Å². The molecule has 0 radical (unpaired) electrons. The Kier molecular flexibility index (Phi) is 3.86. The van der Waals surface area contributed by atoms with E-state index < -0.39 is 0 Å². The molecule has 3 aliphatic rings. The zero-order valence-electron chi connectivity index (χ0n) is 15.1. The summed E-state index contributed by atoms with van der Waals surface area (Å²) < 4.78 is 0. The fraction of sp³-hybridized carbons (Fsp3) is 0.857. The molecule has 1 heteroatoms. The van der Waals surface area contributed by atoms with Crippen molar-refractivity contribution in [1.82, 2.24) is 0 Å². The molecule has 3 saturated carbocycles. The van der Waals surface area contributed by atoms with Crippen LogP contribution in [0.1, 0.15) is 79.1 Å². The Balaban J connectivity index is 1.99. The minimum Gasteiger partial charge on any atom is -0.303 e. The SMILES string of the molecule is C=C1CC[C@H]2[C@@](C)(CC[C@H]3C(C)(C)CCC[C@]23C)[C@@H]1CC=O. The lowest BCUT2D eigenvalue weighted by Crippen LogP contribution is -2.58. The number of hydrogen-bond donors (Lipinski definition) is 0. The molecule has 5 atom stereocenters. The lowest BCUT2D eigenvalue weighted by atomic mass is 9.39. The molecule has 0 aromatic carbocycles. The monoisotopic (exact) mass is 302 g/mol. The Morgan fingerprint density at radius 3 is 2.45 bits per heavy atom. The summed E-state index contributed by atoms with van der Waals surface area (Å²) in [7, 11) is 0. The van der Waals surface area contributed by atoms with Crippen LogP contribution in [0.5, 0.6) is 0 Å². The van der Waals surface area contributed by atoms with Crippen LogP contribution in [0, 0.1) is 34.0 Å². The van der Waals surface area contributed by atoms with Gasteiger partial charge >= 0.3 is 0 Å². The Hall–Kier alpha value is -0.590. The lowest BCUT2D eigenvalue weighted by molar-refractivity contribution is -0.154. The highest BCUT2D eigenvalue weighted by Crippen LogP contribution is 2.69. The molecule has 1 nitrogen and oxygen atoms in total. The molecule has 0 spiro atoms. The third kappa shape index (κ3) is 2.14. The zero-order chi connectivity index (χ0) is 16.2. The van der Waals surface area contributed by atoms with Crippen molar-refractivity contribution in [3.05, 3.63) is 12.2 Å². The van der Waals surface area contributed by atoms with Crippen LogP contribution >= 0.6 is 0 Å². The van der Waals surface area contributed by atoms with Crippen LogP contribution in [-0.2, 0) is 4.79 Å². The van der Waals surface area contributed by atoms with E-state index in [-0.39, 0.29) is 0 Å². The predicted molar refractivity (Wildman–Crippen MR) is 92.6 cm³/mol. The molecule has 0 aromatic heterocycles. The quantitative estimate of drug-likeness (QED) is 0.466. The first-order chi connectivity index (χ1) is 10.3. The van der Waals surface area contributed by atoms with Gasteiger partial charge in [0.05, 0.1) is 0 Å². The van der Waals surface area contributed by atoms with Crippen LogP contribution in [0.4, 0.5) is 0 Å². The number of carbonyl (C=O) groups excluding carboxylic acids is 1. The van der Waals surface area contributed by atoms with E-state index in [1.807, 2.05) is 0 Å². The highest BCUT2D eigenvalue weighted by atomic mass is 16.1. The lowest BCUT2D eigenvalue weighted by Gasteiger charge is -2.66. The summed E-state index contributed by atoms with van der Waals surface area (Å²) >= 11 is 0. The molecule has 0 bridgehead atoms. The van der Waals surface area contributed by atoms with Gasteiger partial charge in [0.1, 0.15) is 6.29 Å². The van der Waals surface area contributed by atoms with Crippen LogP contribution in [0.3, 0.4) is 0 Å². The number of aldehydes is 1. The van der Waals surface area contributed by atoms with Crippen molar-refractivity contribution in [2.24, 2.45) is 34.0 Å². The molecule has 3 fully saturated rings. The first-order valence-corrected chi connectivity index (χ1v) is 9.37. The summed E-state index contributed by atoms with van der Waals surface area (Å²) in [5.41, 5.74) is 2.61. The van der Waals surface area contributed by atoms with Gasteiger partial charge < -0.3 is 4.79 Å². The molecule has 0 N–H and O–H groups in total. The Morgan fingerprint density at radius 1 is 1.05 bits per heavy atom. The smallest absolute Gasteiger partial charge is 0.120 e. The normalized spacial score (nSPS) is 47.5. The molecule has 3 aliphatic carbocycles. The van der Waals surface area contributed by atoms with E-state index >= 15 is 0 Å². The van der Waals surface area contributed by atoms with Gasteiger partial charge in [0.25, 0.3) is 0 Å². The highest BCUT2D eigenvalue weighted by Gasteiger charge is 2.60. The molecule has 0 aromatic rings. The summed E-state index contributed by atoms with van der Waals surface area (Å²) in [4.78, 5) is 11.3. The van der Waals surface area contributed by atoms with E-state index in [9.17, 15) is 4.79 Å². The van der Waals surface area contributed by atoms with Gasteiger partial charge in [0, 0.05) is 6.42 Å². The number of carbonyl (C=O) groups is 1. The number of allylic oxidation sites excluding steroid dienone is 1. The van der Waals surface area contributed by atoms with Crippen molar-refractivity contribution in [3.63, 3.8) is 0 Å². The summed E-state index contributed by atoms with van der Waals surface area (Å²) in [6.45, 7) is 14.4. The zero-order valence-corrected chi connectivity index (χ0v) is 15.1. The average molecular weight is 303 g/mol. The van der Waals surface area contributed by atoms with Crippen molar-refractivity contribution >= 4 is 6.29 Å². The van der Waals surface area contributed by atoms with E-state index in [4.69, 9.17) is 0 Å². The number of hydrogen-bond acceptors (Lipinski definition) is 1. The standard InChI is InChI=1S/C21H34O/c1-15-7-8-18-20(4,16(15)10-14-22)13-9-17-19(2,3)11-6-12-21(17,18)5/h14,16-18H,1,6-13H2,2-5H3/t16-,17+,18+,20+,21+/m1/s1. The number of fused-ring (bicyclic) bond motifs is 3. The Morgan fingerprint density at radius 2 is 1.77 bits per heavy atom. The van der Waals surface area contributed by atoms with Crippen LogP contribution in [-0.4, -0.2) is 6.29 Å². The highest BCUT2D eigenvalue weighted by molar-refractivity contribution is 5.51. The second-order valence-corrected chi connectivity index (χ2v) is 9.65. The predicted octanol–water partition coefficient (Wildman–Crippen LogP) is 5.79. The van der Waals surface area contributed by atoms with Gasteiger partial charge in [-0.3, -0.25) is 0 Å². The molecule has 0 amide bonds. The third-order valence-corrected chi connectivity index (χ3v) is 8.21. The van der Waals surface area contributed by atoms with Crippen LogP contribution in [0.15, 0.2) is 12.2 Å². The van der Waals surface area contributed by atoms with Crippen LogP contribution in [0.2, 0.25) is 0 Å². The molecular weight excluding hydrogens is 268 g/mol. The van der Waals surface area contributed by atoms with Crippen molar-refractivity contribution in [1.29, 1.82) is 0 Å². The number of rotatable bonds is 2. The fourth-order valence-corrected chi connectivity index (χ4v) is 7.27. The van der Waals surface area contributed by atoms with Crippen molar-refractivity contribution < 1.29 is 4.79 Å². The van der Waals surface area contributed by atoms with E-state index in [0.29, 0.717) is 28.6 Å². The summed E-state index contributed by atoms with van der Waals surface area (Å²) in [6, 6.07) is 0. The Labute approximate surface area is 136 Å². The third-order valence-electron chi connectivity index (χ3n) is 8.21. The van der Waals surface area contributed by atoms with Gasteiger partial charge in [0.15, 0.2) is 0 Å². The van der Waals surface area contributed by atoms with E-state index in [1.165, 1.54) is 44.1 Å². The molecule has 0 saturated heterocycles. The maximum Gasteiger partial charge on any atom is 0.120 e. The molecular formula is C21H34O. The van der Waals surface area contributed by atoms with E-state index in [1.54, 1.807) is 0 Å². The van der Waals surface area contributed by atoms with Gasteiger partial charge in [0.2, 0.25) is 0 Å². The van der Waals surface area contributed by atoms with E-state index in [0.717, 1.165) is 24.5 Å².